The van der Waals surface area contributed by atoms with Gasteiger partial charge in [0.2, 0.25) is 5.91 Å². The number of nitrogens with zero attached hydrogens (tertiary/aromatic N) is 3. The Kier molecular flexibility index (Phi) is 10.7. The first-order valence-electron chi connectivity index (χ1n) is 12.5. The van der Waals surface area contributed by atoms with Crippen LogP contribution >= 0.6 is 11.8 Å². The highest BCUT2D eigenvalue weighted by Gasteiger charge is 2.26. The minimum atomic E-state index is -0.423. The number of esters is 1. The van der Waals surface area contributed by atoms with E-state index in [1.165, 1.54) is 11.8 Å². The third kappa shape index (κ3) is 7.93. The molecule has 0 bridgehead atoms. The summed E-state index contributed by atoms with van der Waals surface area (Å²) in [5, 5.41) is 15.1. The highest BCUT2D eigenvalue weighted by molar-refractivity contribution is 7.99. The average Bonchev–Trinajstić information content (AvgIpc) is 3.33. The number of thioether (sulfide) groups is 1. The van der Waals surface area contributed by atoms with Gasteiger partial charge in [0.1, 0.15) is 5.75 Å². The Balaban J connectivity index is 1.68. The molecule has 0 unspecified atom stereocenters. The summed E-state index contributed by atoms with van der Waals surface area (Å²) in [6.07, 6.45) is 1.71. The second-order valence-corrected chi connectivity index (χ2v) is 9.74. The summed E-state index contributed by atoms with van der Waals surface area (Å²) in [5.41, 5.74) is 1.47. The number of ether oxygens (including phenoxy) is 2. The molecule has 10 nitrogen and oxygen atoms in total. The van der Waals surface area contributed by atoms with E-state index in [1.807, 2.05) is 18.4 Å². The summed E-state index contributed by atoms with van der Waals surface area (Å²) in [7, 11) is 1.57. The molecular weight excluding hydrogens is 518 g/mol. The Morgan fingerprint density at radius 1 is 1.05 bits per heavy atom. The largest absolute Gasteiger partial charge is 0.497 e. The molecule has 2 aromatic carbocycles. The minimum Gasteiger partial charge on any atom is -0.497 e. The number of benzene rings is 2. The van der Waals surface area contributed by atoms with Crippen LogP contribution in [0.1, 0.15) is 53.4 Å². The van der Waals surface area contributed by atoms with Crippen molar-refractivity contribution in [3.63, 3.8) is 0 Å². The summed E-state index contributed by atoms with van der Waals surface area (Å²) >= 11 is 1.23. The van der Waals surface area contributed by atoms with Gasteiger partial charge in [-0.3, -0.25) is 9.59 Å². The van der Waals surface area contributed by atoms with Gasteiger partial charge in [-0.25, -0.2) is 4.79 Å². The zero-order valence-corrected chi connectivity index (χ0v) is 23.3. The molecular formula is C28H33N5O5S. The first-order valence-corrected chi connectivity index (χ1v) is 13.4. The van der Waals surface area contributed by atoms with Gasteiger partial charge in [0, 0.05) is 17.8 Å². The van der Waals surface area contributed by atoms with Gasteiger partial charge in [0.15, 0.2) is 11.0 Å². The summed E-state index contributed by atoms with van der Waals surface area (Å²) in [5.74, 6) is 0.432. The fourth-order valence-electron chi connectivity index (χ4n) is 3.67. The van der Waals surface area contributed by atoms with Crippen LogP contribution in [-0.2, 0) is 16.1 Å². The second kappa shape index (κ2) is 14.1. The quantitative estimate of drug-likeness (QED) is 0.181. The van der Waals surface area contributed by atoms with Gasteiger partial charge in [0.05, 0.1) is 31.1 Å². The number of anilines is 1. The molecule has 0 saturated heterocycles. The van der Waals surface area contributed by atoms with E-state index in [-0.39, 0.29) is 23.5 Å². The molecule has 3 aromatic rings. The fourth-order valence-corrected chi connectivity index (χ4v) is 4.42. The van der Waals surface area contributed by atoms with E-state index in [0.717, 1.165) is 0 Å². The molecule has 11 heteroatoms. The van der Waals surface area contributed by atoms with Gasteiger partial charge in [-0.2, -0.15) is 0 Å². The number of amides is 2. The molecule has 0 aliphatic heterocycles. The molecule has 1 aromatic heterocycles. The lowest BCUT2D eigenvalue weighted by Gasteiger charge is -2.22. The lowest BCUT2D eigenvalue weighted by Crippen LogP contribution is -2.33. The number of hydrogen-bond donors (Lipinski definition) is 2. The summed E-state index contributed by atoms with van der Waals surface area (Å²) in [4.78, 5) is 37.4. The molecule has 2 N–H and O–H groups in total. The molecule has 1 atom stereocenters. The van der Waals surface area contributed by atoms with Crippen molar-refractivity contribution in [3.05, 3.63) is 78.1 Å². The van der Waals surface area contributed by atoms with E-state index in [1.54, 1.807) is 68.6 Å². The van der Waals surface area contributed by atoms with Gasteiger partial charge in [0.25, 0.3) is 5.91 Å². The normalized spacial score (nSPS) is 11.5. The SMILES string of the molecule is C=CCn1c(SCC(=O)Nc2ccc(C(=O)OCC)cc2)nnc1[C@H](NC(=O)c1ccc(OC)cc1)C(C)C. The van der Waals surface area contributed by atoms with E-state index in [9.17, 15) is 14.4 Å². The highest BCUT2D eigenvalue weighted by atomic mass is 32.2. The molecule has 1 heterocycles. The standard InChI is InChI=1S/C28H33N5O5S/c1-6-16-33-25(24(18(3)4)30-26(35)19-10-14-22(37-5)15-11-19)31-32-28(33)39-17-23(34)29-21-12-8-20(9-13-21)27(36)38-7-2/h6,8-15,18,24H,1,7,16-17H2,2-5H3,(H,29,34)(H,30,35)/t24-/m1/s1. The predicted molar refractivity (Wildman–Crippen MR) is 150 cm³/mol. The number of nitrogens with one attached hydrogen (secondary N) is 2. The zero-order chi connectivity index (χ0) is 28.4. The van der Waals surface area contributed by atoms with Crippen LogP contribution in [-0.4, -0.2) is 52.0 Å². The number of hydrogen-bond acceptors (Lipinski definition) is 8. The molecule has 0 aliphatic rings. The Bertz CT molecular complexity index is 1290. The second-order valence-electron chi connectivity index (χ2n) is 8.80. The van der Waals surface area contributed by atoms with Crippen LogP contribution in [0.15, 0.2) is 66.3 Å². The number of carbonyl (C=O) groups is 3. The topological polar surface area (TPSA) is 124 Å². The van der Waals surface area contributed by atoms with Crippen molar-refractivity contribution < 1.29 is 23.9 Å². The molecule has 0 aliphatic carbocycles. The average molecular weight is 552 g/mol. The molecule has 0 saturated carbocycles. The third-order valence-corrected chi connectivity index (χ3v) is 6.62. The Morgan fingerprint density at radius 2 is 1.72 bits per heavy atom. The lowest BCUT2D eigenvalue weighted by atomic mass is 10.0. The van der Waals surface area contributed by atoms with Crippen molar-refractivity contribution in [1.82, 2.24) is 20.1 Å². The van der Waals surface area contributed by atoms with Crippen LogP contribution in [0.4, 0.5) is 5.69 Å². The Morgan fingerprint density at radius 3 is 2.31 bits per heavy atom. The summed E-state index contributed by atoms with van der Waals surface area (Å²) < 4.78 is 12.0. The van der Waals surface area contributed by atoms with E-state index < -0.39 is 12.0 Å². The number of allylic oxidation sites excluding steroid dienone is 1. The first kappa shape index (κ1) is 29.4. The predicted octanol–water partition coefficient (Wildman–Crippen LogP) is 4.51. The Hall–Kier alpha value is -4.12. The van der Waals surface area contributed by atoms with Crippen molar-refractivity contribution >= 4 is 35.2 Å². The van der Waals surface area contributed by atoms with Crippen LogP contribution in [0.2, 0.25) is 0 Å². The monoisotopic (exact) mass is 551 g/mol. The first-order chi connectivity index (χ1) is 18.8. The van der Waals surface area contributed by atoms with Gasteiger partial charge in [-0.15, -0.1) is 16.8 Å². The lowest BCUT2D eigenvalue weighted by molar-refractivity contribution is -0.113. The fraction of sp³-hybridized carbons (Fsp3) is 0.321. The third-order valence-electron chi connectivity index (χ3n) is 5.65. The Labute approximate surface area is 232 Å². The van der Waals surface area contributed by atoms with Gasteiger partial charge >= 0.3 is 5.97 Å². The molecule has 3 rings (SSSR count). The van der Waals surface area contributed by atoms with Crippen molar-refractivity contribution in [2.75, 3.05) is 24.8 Å². The number of rotatable bonds is 13. The van der Waals surface area contributed by atoms with Gasteiger partial charge in [-0.1, -0.05) is 31.7 Å². The minimum absolute atomic E-state index is 0.0127. The van der Waals surface area contributed by atoms with Crippen LogP contribution in [0, 0.1) is 5.92 Å². The summed E-state index contributed by atoms with van der Waals surface area (Å²) in [6, 6.07) is 12.9. The zero-order valence-electron chi connectivity index (χ0n) is 22.5. The number of carbonyl (C=O) groups excluding carboxylic acids is 3. The van der Waals surface area contributed by atoms with E-state index in [0.29, 0.717) is 46.7 Å². The van der Waals surface area contributed by atoms with Gasteiger partial charge < -0.3 is 24.7 Å². The maximum atomic E-state index is 13.0. The molecule has 206 valence electrons. The molecule has 0 fully saturated rings. The number of methoxy groups -OCH3 is 1. The van der Waals surface area contributed by atoms with Crippen molar-refractivity contribution in [2.24, 2.45) is 5.92 Å². The van der Waals surface area contributed by atoms with E-state index in [4.69, 9.17) is 9.47 Å². The summed E-state index contributed by atoms with van der Waals surface area (Å²) in [6.45, 7) is 10.2. The van der Waals surface area contributed by atoms with Crippen LogP contribution in [0.5, 0.6) is 5.75 Å². The molecule has 39 heavy (non-hydrogen) atoms. The van der Waals surface area contributed by atoms with Crippen LogP contribution in [0.25, 0.3) is 0 Å². The number of aromatic nitrogens is 3. The molecule has 0 spiro atoms. The smallest absolute Gasteiger partial charge is 0.338 e. The maximum Gasteiger partial charge on any atom is 0.338 e. The van der Waals surface area contributed by atoms with Crippen LogP contribution < -0.4 is 15.4 Å². The maximum absolute atomic E-state index is 13.0. The van der Waals surface area contributed by atoms with E-state index in [2.05, 4.69) is 27.4 Å². The van der Waals surface area contributed by atoms with Crippen LogP contribution in [0.3, 0.4) is 0 Å². The van der Waals surface area contributed by atoms with E-state index >= 15 is 0 Å². The van der Waals surface area contributed by atoms with Crippen molar-refractivity contribution in [2.45, 2.75) is 38.5 Å². The molecule has 0 radical (unpaired) electrons. The van der Waals surface area contributed by atoms with Crippen molar-refractivity contribution in [3.8, 4) is 5.75 Å². The van der Waals surface area contributed by atoms with Gasteiger partial charge in [-0.05, 0) is 61.4 Å². The highest BCUT2D eigenvalue weighted by Crippen LogP contribution is 2.26. The van der Waals surface area contributed by atoms with Crippen molar-refractivity contribution in [1.29, 1.82) is 0 Å². The molecule has 2 amide bonds.